The lowest BCUT2D eigenvalue weighted by Gasteiger charge is -2.15. The Balaban J connectivity index is 1.78. The second-order valence-electron chi connectivity index (χ2n) is 5.02. The number of carbonyl (C=O) groups excluding carboxylic acids is 1. The first-order valence-corrected chi connectivity index (χ1v) is 6.07. The maximum absolute atomic E-state index is 10.3. The Kier molecular flexibility index (Phi) is 3.44. The molecule has 2 saturated carbocycles. The Morgan fingerprint density at radius 3 is 2.79 bits per heavy atom. The molecule has 2 aliphatic rings. The first-order valence-electron chi connectivity index (χ1n) is 6.07. The minimum absolute atomic E-state index is 0.758. The van der Waals surface area contributed by atoms with Gasteiger partial charge in [0.2, 0.25) is 6.41 Å². The lowest BCUT2D eigenvalue weighted by atomic mass is 9.96. The molecule has 3 atom stereocenters. The molecule has 0 saturated heterocycles. The first-order chi connectivity index (χ1) is 6.90. The van der Waals surface area contributed by atoms with E-state index in [-0.39, 0.29) is 0 Å². The van der Waals surface area contributed by atoms with Crippen molar-refractivity contribution in [1.29, 1.82) is 0 Å². The fourth-order valence-corrected chi connectivity index (χ4v) is 2.92. The fraction of sp³-hybridized carbons (Fsp3) is 0.917. The molecule has 80 valence electrons. The lowest BCUT2D eigenvalue weighted by molar-refractivity contribution is -0.109. The van der Waals surface area contributed by atoms with Gasteiger partial charge >= 0.3 is 0 Å². The van der Waals surface area contributed by atoms with Gasteiger partial charge in [-0.1, -0.05) is 25.7 Å². The van der Waals surface area contributed by atoms with Crippen molar-refractivity contribution in [3.05, 3.63) is 0 Å². The van der Waals surface area contributed by atoms with Crippen molar-refractivity contribution in [3.63, 3.8) is 0 Å². The number of hydrogen-bond acceptors (Lipinski definition) is 1. The highest BCUT2D eigenvalue weighted by Crippen LogP contribution is 2.47. The van der Waals surface area contributed by atoms with Crippen LogP contribution in [0.15, 0.2) is 0 Å². The molecule has 2 fully saturated rings. The van der Waals surface area contributed by atoms with Crippen molar-refractivity contribution < 1.29 is 4.79 Å². The molecule has 2 nitrogen and oxygen atoms in total. The van der Waals surface area contributed by atoms with Gasteiger partial charge in [-0.3, -0.25) is 4.79 Å². The molecular formula is C12H21NO. The number of nitrogens with one attached hydrogen (secondary N) is 1. The topological polar surface area (TPSA) is 29.1 Å². The monoisotopic (exact) mass is 195 g/mol. The van der Waals surface area contributed by atoms with E-state index in [1.165, 1.54) is 44.9 Å². The number of carbonyl (C=O) groups is 1. The molecule has 0 spiro atoms. The van der Waals surface area contributed by atoms with Gasteiger partial charge < -0.3 is 5.32 Å². The quantitative estimate of drug-likeness (QED) is 0.688. The van der Waals surface area contributed by atoms with Gasteiger partial charge in [0, 0.05) is 6.54 Å². The van der Waals surface area contributed by atoms with Gasteiger partial charge in [-0.05, 0) is 37.0 Å². The largest absolute Gasteiger partial charge is 0.358 e. The highest BCUT2D eigenvalue weighted by Gasteiger charge is 2.37. The smallest absolute Gasteiger partial charge is 0.207 e. The van der Waals surface area contributed by atoms with Crippen molar-refractivity contribution in [2.24, 2.45) is 17.8 Å². The summed E-state index contributed by atoms with van der Waals surface area (Å²) in [6.07, 6.45) is 10.7. The van der Waals surface area contributed by atoms with Crippen molar-refractivity contribution in [2.45, 2.75) is 44.9 Å². The van der Waals surface area contributed by atoms with Crippen LogP contribution in [0.4, 0.5) is 0 Å². The predicted molar refractivity (Wildman–Crippen MR) is 56.9 cm³/mol. The summed E-state index contributed by atoms with van der Waals surface area (Å²) in [6.45, 7) is 0.909. The first kappa shape index (κ1) is 10.0. The third-order valence-electron chi connectivity index (χ3n) is 3.88. The minimum atomic E-state index is 0.758. The lowest BCUT2D eigenvalue weighted by Crippen LogP contribution is -2.21. The van der Waals surface area contributed by atoms with Crippen LogP contribution in [0.3, 0.4) is 0 Å². The Labute approximate surface area is 86.5 Å². The normalized spacial score (nSPS) is 37.3. The summed E-state index contributed by atoms with van der Waals surface area (Å²) in [6, 6.07) is 0. The Bertz CT molecular complexity index is 193. The molecule has 3 unspecified atom stereocenters. The Hall–Kier alpha value is -0.530. The van der Waals surface area contributed by atoms with E-state index in [4.69, 9.17) is 0 Å². The summed E-state index contributed by atoms with van der Waals surface area (Å²) >= 11 is 0. The molecular weight excluding hydrogens is 174 g/mol. The number of hydrogen-bond donors (Lipinski definition) is 1. The molecule has 14 heavy (non-hydrogen) atoms. The molecule has 0 aromatic heterocycles. The van der Waals surface area contributed by atoms with Gasteiger partial charge in [-0.25, -0.2) is 0 Å². The van der Waals surface area contributed by atoms with E-state index in [0.29, 0.717) is 0 Å². The molecule has 1 amide bonds. The van der Waals surface area contributed by atoms with E-state index in [0.717, 1.165) is 30.7 Å². The fourth-order valence-electron chi connectivity index (χ4n) is 2.92. The van der Waals surface area contributed by atoms with Gasteiger partial charge in [0.15, 0.2) is 0 Å². The van der Waals surface area contributed by atoms with E-state index in [1.807, 2.05) is 0 Å². The van der Waals surface area contributed by atoms with Gasteiger partial charge in [0.05, 0.1) is 0 Å². The van der Waals surface area contributed by atoms with Gasteiger partial charge in [-0.15, -0.1) is 0 Å². The van der Waals surface area contributed by atoms with Crippen molar-refractivity contribution >= 4 is 6.41 Å². The molecule has 0 aromatic carbocycles. The Morgan fingerprint density at radius 1 is 1.07 bits per heavy atom. The summed E-state index contributed by atoms with van der Waals surface area (Å²) < 4.78 is 0. The molecule has 2 heteroatoms. The summed E-state index contributed by atoms with van der Waals surface area (Å²) in [5.74, 6) is 2.81. The molecule has 0 aliphatic heterocycles. The summed E-state index contributed by atoms with van der Waals surface area (Å²) in [7, 11) is 0. The van der Waals surface area contributed by atoms with Crippen molar-refractivity contribution in [3.8, 4) is 0 Å². The van der Waals surface area contributed by atoms with Crippen LogP contribution in [-0.2, 0) is 4.79 Å². The van der Waals surface area contributed by atoms with E-state index in [9.17, 15) is 4.79 Å². The number of rotatable bonds is 3. The van der Waals surface area contributed by atoms with Gasteiger partial charge in [0.1, 0.15) is 0 Å². The average Bonchev–Trinajstić information content (AvgIpc) is 2.91. The molecule has 1 N–H and O–H groups in total. The SMILES string of the molecule is O=CNCC1CCCCCC2CC2C1. The van der Waals surface area contributed by atoms with Crippen LogP contribution in [0.25, 0.3) is 0 Å². The van der Waals surface area contributed by atoms with Crippen LogP contribution < -0.4 is 5.32 Å². The molecule has 2 aliphatic carbocycles. The molecule has 0 aromatic rings. The third kappa shape index (κ3) is 2.73. The highest BCUT2D eigenvalue weighted by atomic mass is 16.1. The van der Waals surface area contributed by atoms with Crippen LogP contribution in [0, 0.1) is 17.8 Å². The minimum Gasteiger partial charge on any atom is -0.358 e. The second-order valence-corrected chi connectivity index (χ2v) is 5.02. The zero-order chi connectivity index (χ0) is 9.80. The van der Waals surface area contributed by atoms with E-state index < -0.39 is 0 Å². The summed E-state index contributed by atoms with van der Waals surface area (Å²) in [5, 5.41) is 2.85. The van der Waals surface area contributed by atoms with Crippen molar-refractivity contribution in [2.75, 3.05) is 6.54 Å². The molecule has 2 rings (SSSR count). The number of amides is 1. The molecule has 0 radical (unpaired) electrons. The van der Waals surface area contributed by atoms with E-state index >= 15 is 0 Å². The summed E-state index contributed by atoms with van der Waals surface area (Å²) in [5.41, 5.74) is 0. The van der Waals surface area contributed by atoms with Gasteiger partial charge in [-0.2, -0.15) is 0 Å². The van der Waals surface area contributed by atoms with E-state index in [2.05, 4.69) is 5.32 Å². The molecule has 0 heterocycles. The maximum Gasteiger partial charge on any atom is 0.207 e. The van der Waals surface area contributed by atoms with Crippen LogP contribution in [0.2, 0.25) is 0 Å². The highest BCUT2D eigenvalue weighted by molar-refractivity contribution is 5.45. The maximum atomic E-state index is 10.3. The standard InChI is InChI=1S/C12H21NO/c14-9-13-8-10-4-2-1-3-5-11-7-12(11)6-10/h9-12H,1-8H2,(H,13,14). The summed E-state index contributed by atoms with van der Waals surface area (Å²) in [4.78, 5) is 10.3. The van der Waals surface area contributed by atoms with Gasteiger partial charge in [0.25, 0.3) is 0 Å². The third-order valence-corrected chi connectivity index (χ3v) is 3.88. The van der Waals surface area contributed by atoms with E-state index in [1.54, 1.807) is 0 Å². The van der Waals surface area contributed by atoms with Crippen molar-refractivity contribution in [1.82, 2.24) is 5.32 Å². The number of fused-ring (bicyclic) bond motifs is 1. The van der Waals surface area contributed by atoms with Crippen LogP contribution in [0.1, 0.15) is 44.9 Å². The second kappa shape index (κ2) is 4.81. The van der Waals surface area contributed by atoms with Crippen LogP contribution in [-0.4, -0.2) is 13.0 Å². The molecule has 0 bridgehead atoms. The zero-order valence-corrected chi connectivity index (χ0v) is 8.87. The Morgan fingerprint density at radius 2 is 1.93 bits per heavy atom. The zero-order valence-electron chi connectivity index (χ0n) is 8.87. The van der Waals surface area contributed by atoms with Crippen LogP contribution >= 0.6 is 0 Å². The predicted octanol–water partition coefficient (Wildman–Crippen LogP) is 2.34. The van der Waals surface area contributed by atoms with Crippen LogP contribution in [0.5, 0.6) is 0 Å². The average molecular weight is 195 g/mol.